The average molecular weight is 288 g/mol. The lowest BCUT2D eigenvalue weighted by atomic mass is 10.0. The molecule has 1 fully saturated rings. The van der Waals surface area contributed by atoms with Gasteiger partial charge in [-0.3, -0.25) is 4.99 Å². The van der Waals surface area contributed by atoms with Crippen molar-refractivity contribution in [3.05, 3.63) is 28.7 Å². The molecule has 0 amide bonds. The Hall–Kier alpha value is -1.75. The first-order chi connectivity index (χ1) is 10.1. The number of piperidine rings is 1. The predicted molar refractivity (Wildman–Crippen MR) is 88.8 cm³/mol. The van der Waals surface area contributed by atoms with Crippen LogP contribution in [0.3, 0.4) is 0 Å². The van der Waals surface area contributed by atoms with E-state index < -0.39 is 0 Å². The molecule has 0 bridgehead atoms. The summed E-state index contributed by atoms with van der Waals surface area (Å²) in [5.74, 6) is 0. The summed E-state index contributed by atoms with van der Waals surface area (Å²) in [6, 6.07) is 6.45. The molecule has 1 aromatic rings. The second-order valence-corrected chi connectivity index (χ2v) is 5.80. The fraction of sp³-hybridized carbons (Fsp3) is 0.562. The van der Waals surface area contributed by atoms with Crippen LogP contribution in [0.15, 0.2) is 28.4 Å². The molecule has 1 aromatic carbocycles. The monoisotopic (exact) mass is 288 g/mol. The highest BCUT2D eigenvalue weighted by atomic mass is 16.3. The lowest BCUT2D eigenvalue weighted by Crippen LogP contribution is -2.42. The van der Waals surface area contributed by atoms with Crippen molar-refractivity contribution in [2.24, 2.45) is 10.2 Å². The molecule has 1 saturated heterocycles. The van der Waals surface area contributed by atoms with Crippen LogP contribution in [-0.4, -0.2) is 43.3 Å². The molecule has 1 aliphatic rings. The zero-order valence-corrected chi connectivity index (χ0v) is 13.0. The van der Waals surface area contributed by atoms with E-state index in [4.69, 9.17) is 0 Å². The molecule has 0 atom stereocenters. The molecule has 2 rings (SSSR count). The van der Waals surface area contributed by atoms with E-state index in [0.29, 0.717) is 17.8 Å². The van der Waals surface area contributed by atoms with E-state index in [2.05, 4.69) is 34.2 Å². The first kappa shape index (κ1) is 15.6. The molecular formula is C16H24N4O. The van der Waals surface area contributed by atoms with E-state index in [0.717, 1.165) is 37.2 Å². The van der Waals surface area contributed by atoms with Crippen molar-refractivity contribution in [1.82, 2.24) is 4.90 Å². The molecular weight excluding hydrogens is 264 g/mol. The highest BCUT2D eigenvalue weighted by molar-refractivity contribution is 5.88. The van der Waals surface area contributed by atoms with Gasteiger partial charge in [-0.05, 0) is 50.1 Å². The number of aliphatic imine (C=N–C) groups is 1. The molecule has 1 aliphatic heterocycles. The van der Waals surface area contributed by atoms with E-state index in [1.807, 2.05) is 6.07 Å². The largest absolute Gasteiger partial charge is 0.382 e. The average Bonchev–Trinajstić information content (AvgIpc) is 2.49. The van der Waals surface area contributed by atoms with Crippen LogP contribution in [0, 0.1) is 4.91 Å². The molecule has 1 heterocycles. The molecule has 0 unspecified atom stereocenters. The summed E-state index contributed by atoms with van der Waals surface area (Å²) in [5.41, 5.74) is 2.39. The Morgan fingerprint density at radius 3 is 2.62 bits per heavy atom. The smallest absolute Gasteiger partial charge is 0.110 e. The van der Waals surface area contributed by atoms with Gasteiger partial charge in [0.2, 0.25) is 0 Å². The minimum atomic E-state index is 0.436. The summed E-state index contributed by atoms with van der Waals surface area (Å²) in [6.45, 7) is 6.70. The van der Waals surface area contributed by atoms with E-state index in [1.54, 1.807) is 25.4 Å². The molecule has 0 saturated carbocycles. The molecule has 0 spiro atoms. The van der Waals surface area contributed by atoms with Crippen molar-refractivity contribution < 1.29 is 0 Å². The van der Waals surface area contributed by atoms with Crippen LogP contribution in [0.4, 0.5) is 11.4 Å². The van der Waals surface area contributed by atoms with Crippen LogP contribution in [-0.2, 0) is 0 Å². The van der Waals surface area contributed by atoms with Crippen molar-refractivity contribution in [1.29, 1.82) is 0 Å². The fourth-order valence-corrected chi connectivity index (χ4v) is 2.76. The minimum Gasteiger partial charge on any atom is -0.382 e. The minimum absolute atomic E-state index is 0.436. The Kier molecular flexibility index (Phi) is 5.44. The Labute approximate surface area is 126 Å². The summed E-state index contributed by atoms with van der Waals surface area (Å²) in [5, 5.41) is 6.57. The number of rotatable bonds is 5. The lowest BCUT2D eigenvalue weighted by Gasteiger charge is -2.35. The first-order valence-electron chi connectivity index (χ1n) is 7.54. The third-order valence-corrected chi connectivity index (χ3v) is 4.03. The molecule has 5 heteroatoms. The predicted octanol–water partition coefficient (Wildman–Crippen LogP) is 3.42. The SMILES string of the molecule is CN=Cc1ccc(N=O)cc1NC1CCN(C(C)C)CC1. The molecule has 21 heavy (non-hydrogen) atoms. The van der Waals surface area contributed by atoms with Crippen LogP contribution in [0.2, 0.25) is 0 Å². The normalized spacial score (nSPS) is 17.5. The van der Waals surface area contributed by atoms with Gasteiger partial charge in [-0.2, -0.15) is 0 Å². The number of hydrogen-bond donors (Lipinski definition) is 1. The van der Waals surface area contributed by atoms with Gasteiger partial charge in [0.05, 0.1) is 0 Å². The topological polar surface area (TPSA) is 57.1 Å². The second-order valence-electron chi connectivity index (χ2n) is 5.80. The number of nitrogens with one attached hydrogen (secondary N) is 1. The number of benzene rings is 1. The quantitative estimate of drug-likeness (QED) is 0.667. The summed E-state index contributed by atoms with van der Waals surface area (Å²) in [4.78, 5) is 17.3. The zero-order chi connectivity index (χ0) is 15.2. The number of nitroso groups, excluding NO2 is 1. The Balaban J connectivity index is 2.07. The van der Waals surface area contributed by atoms with Crippen molar-refractivity contribution in [3.63, 3.8) is 0 Å². The van der Waals surface area contributed by atoms with Crippen LogP contribution < -0.4 is 5.32 Å². The Morgan fingerprint density at radius 2 is 2.05 bits per heavy atom. The van der Waals surface area contributed by atoms with Crippen molar-refractivity contribution in [3.8, 4) is 0 Å². The molecule has 114 valence electrons. The van der Waals surface area contributed by atoms with Crippen LogP contribution >= 0.6 is 0 Å². The van der Waals surface area contributed by atoms with Crippen LogP contribution in [0.25, 0.3) is 0 Å². The van der Waals surface area contributed by atoms with Gasteiger partial charge in [0.15, 0.2) is 0 Å². The second kappa shape index (κ2) is 7.31. The van der Waals surface area contributed by atoms with E-state index in [-0.39, 0.29) is 0 Å². The third-order valence-electron chi connectivity index (χ3n) is 4.03. The van der Waals surface area contributed by atoms with Gasteiger partial charge in [-0.25, -0.2) is 0 Å². The van der Waals surface area contributed by atoms with Crippen molar-refractivity contribution >= 4 is 17.6 Å². The Bertz CT molecular complexity index is 505. The highest BCUT2D eigenvalue weighted by Gasteiger charge is 2.21. The van der Waals surface area contributed by atoms with Crippen molar-refractivity contribution in [2.45, 2.75) is 38.8 Å². The van der Waals surface area contributed by atoms with E-state index in [9.17, 15) is 4.91 Å². The summed E-state index contributed by atoms with van der Waals surface area (Å²) in [7, 11) is 1.75. The number of hydrogen-bond acceptors (Lipinski definition) is 5. The molecule has 0 aromatic heterocycles. The first-order valence-corrected chi connectivity index (χ1v) is 7.54. The maximum absolute atomic E-state index is 10.7. The number of likely N-dealkylation sites (tertiary alicyclic amines) is 1. The fourth-order valence-electron chi connectivity index (χ4n) is 2.76. The Morgan fingerprint density at radius 1 is 1.33 bits per heavy atom. The van der Waals surface area contributed by atoms with Crippen molar-refractivity contribution in [2.75, 3.05) is 25.5 Å². The van der Waals surface area contributed by atoms with Crippen LogP contribution in [0.1, 0.15) is 32.3 Å². The van der Waals surface area contributed by atoms with Gasteiger partial charge in [0.25, 0.3) is 0 Å². The molecule has 0 aliphatic carbocycles. The number of anilines is 1. The zero-order valence-electron chi connectivity index (χ0n) is 13.0. The summed E-state index contributed by atoms with van der Waals surface area (Å²) >= 11 is 0. The maximum Gasteiger partial charge on any atom is 0.110 e. The van der Waals surface area contributed by atoms with Gasteiger partial charge < -0.3 is 10.2 Å². The highest BCUT2D eigenvalue weighted by Crippen LogP contribution is 2.25. The van der Waals surface area contributed by atoms with E-state index >= 15 is 0 Å². The maximum atomic E-state index is 10.7. The lowest BCUT2D eigenvalue weighted by molar-refractivity contribution is 0.177. The van der Waals surface area contributed by atoms with Gasteiger partial charge in [-0.1, -0.05) is 0 Å². The molecule has 0 radical (unpaired) electrons. The van der Waals surface area contributed by atoms with Crippen LogP contribution in [0.5, 0.6) is 0 Å². The van der Waals surface area contributed by atoms with Gasteiger partial charge in [-0.15, -0.1) is 4.91 Å². The third kappa shape index (κ3) is 4.11. The molecule has 1 N–H and O–H groups in total. The summed E-state index contributed by atoms with van der Waals surface area (Å²) in [6.07, 6.45) is 4.03. The van der Waals surface area contributed by atoms with Gasteiger partial charge >= 0.3 is 0 Å². The van der Waals surface area contributed by atoms with E-state index in [1.165, 1.54) is 0 Å². The standard InChI is InChI=1S/C16H24N4O/c1-12(2)20-8-6-14(7-9-20)18-16-10-15(19-21)5-4-13(16)11-17-3/h4-5,10-12,14,18H,6-9H2,1-3H3. The van der Waals surface area contributed by atoms with Gasteiger partial charge in [0, 0.05) is 49.7 Å². The summed E-state index contributed by atoms with van der Waals surface area (Å²) < 4.78 is 0. The molecule has 5 nitrogen and oxygen atoms in total. The number of nitrogens with zero attached hydrogens (tertiary/aromatic N) is 3. The van der Waals surface area contributed by atoms with Gasteiger partial charge in [0.1, 0.15) is 5.69 Å².